The predicted octanol–water partition coefficient (Wildman–Crippen LogP) is 0.874. The standard InChI is InChI=1S/C17H25N3O4/c1-14-5-3-4-6-15(14)24-13-16(21)18-7-8-19-9-11-20(12-10-19)17(22)23-2/h3-6H,7-13H2,1-2H3,(H,18,21). The number of piperazine rings is 1. The molecule has 1 saturated heterocycles. The molecule has 7 nitrogen and oxygen atoms in total. The van der Waals surface area contributed by atoms with E-state index in [1.807, 2.05) is 31.2 Å². The van der Waals surface area contributed by atoms with Gasteiger partial charge in [0.25, 0.3) is 5.91 Å². The molecule has 0 aromatic heterocycles. The van der Waals surface area contributed by atoms with Crippen LogP contribution < -0.4 is 10.1 Å². The average molecular weight is 335 g/mol. The van der Waals surface area contributed by atoms with Crippen LogP contribution in [0.15, 0.2) is 24.3 Å². The first-order valence-electron chi connectivity index (χ1n) is 8.10. The molecule has 0 unspecified atom stereocenters. The van der Waals surface area contributed by atoms with E-state index in [1.54, 1.807) is 4.90 Å². The first-order chi connectivity index (χ1) is 11.6. The third kappa shape index (κ3) is 5.42. The number of ether oxygens (including phenoxy) is 2. The largest absolute Gasteiger partial charge is 0.484 e. The highest BCUT2D eigenvalue weighted by Crippen LogP contribution is 2.15. The summed E-state index contributed by atoms with van der Waals surface area (Å²) in [5.74, 6) is 0.595. The van der Waals surface area contributed by atoms with Gasteiger partial charge >= 0.3 is 6.09 Å². The van der Waals surface area contributed by atoms with E-state index in [4.69, 9.17) is 9.47 Å². The van der Waals surface area contributed by atoms with Crippen LogP contribution >= 0.6 is 0 Å². The van der Waals surface area contributed by atoms with Gasteiger partial charge in [-0.1, -0.05) is 18.2 Å². The Morgan fingerprint density at radius 3 is 2.54 bits per heavy atom. The second-order valence-electron chi connectivity index (χ2n) is 5.70. The topological polar surface area (TPSA) is 71.1 Å². The smallest absolute Gasteiger partial charge is 0.409 e. The summed E-state index contributed by atoms with van der Waals surface area (Å²) < 4.78 is 10.2. The summed E-state index contributed by atoms with van der Waals surface area (Å²) in [6.45, 7) is 6.14. The van der Waals surface area contributed by atoms with Gasteiger partial charge in [0.1, 0.15) is 5.75 Å². The van der Waals surface area contributed by atoms with Crippen molar-refractivity contribution >= 4 is 12.0 Å². The molecule has 1 N–H and O–H groups in total. The molecule has 1 fully saturated rings. The van der Waals surface area contributed by atoms with E-state index in [0.29, 0.717) is 19.6 Å². The summed E-state index contributed by atoms with van der Waals surface area (Å²) in [4.78, 5) is 27.1. The molecule has 2 amide bonds. The molecule has 24 heavy (non-hydrogen) atoms. The van der Waals surface area contributed by atoms with Crippen molar-refractivity contribution in [3.63, 3.8) is 0 Å². The number of nitrogens with one attached hydrogen (secondary N) is 1. The summed E-state index contributed by atoms with van der Waals surface area (Å²) in [7, 11) is 1.39. The molecule has 0 aliphatic carbocycles. The van der Waals surface area contributed by atoms with Gasteiger partial charge in [0.15, 0.2) is 6.61 Å². The van der Waals surface area contributed by atoms with Gasteiger partial charge in [-0.25, -0.2) is 4.79 Å². The lowest BCUT2D eigenvalue weighted by Crippen LogP contribution is -2.50. The first-order valence-corrected chi connectivity index (χ1v) is 8.10. The third-order valence-corrected chi connectivity index (χ3v) is 4.01. The van der Waals surface area contributed by atoms with Crippen molar-refractivity contribution in [3.05, 3.63) is 29.8 Å². The van der Waals surface area contributed by atoms with Crippen LogP contribution in [-0.2, 0) is 9.53 Å². The molecule has 0 radical (unpaired) electrons. The number of hydrogen-bond donors (Lipinski definition) is 1. The first kappa shape index (κ1) is 18.1. The van der Waals surface area contributed by atoms with Gasteiger partial charge in [-0.3, -0.25) is 9.69 Å². The van der Waals surface area contributed by atoms with Crippen molar-refractivity contribution in [2.45, 2.75) is 6.92 Å². The van der Waals surface area contributed by atoms with Crippen LogP contribution in [0.5, 0.6) is 5.75 Å². The van der Waals surface area contributed by atoms with Crippen molar-refractivity contribution in [2.75, 3.05) is 53.0 Å². The van der Waals surface area contributed by atoms with Crippen molar-refractivity contribution in [1.82, 2.24) is 15.1 Å². The van der Waals surface area contributed by atoms with Crippen LogP contribution in [0.25, 0.3) is 0 Å². The summed E-state index contributed by atoms with van der Waals surface area (Å²) >= 11 is 0. The summed E-state index contributed by atoms with van der Waals surface area (Å²) in [5.41, 5.74) is 1.01. The Labute approximate surface area is 142 Å². The SMILES string of the molecule is COC(=O)N1CCN(CCNC(=O)COc2ccccc2C)CC1. The Kier molecular flexibility index (Phi) is 6.87. The second kappa shape index (κ2) is 9.12. The molecule has 1 aromatic rings. The maximum atomic E-state index is 11.8. The van der Waals surface area contributed by atoms with E-state index in [2.05, 4.69) is 10.2 Å². The van der Waals surface area contributed by atoms with Crippen molar-refractivity contribution in [1.29, 1.82) is 0 Å². The summed E-state index contributed by atoms with van der Waals surface area (Å²) in [6.07, 6.45) is -0.281. The highest BCUT2D eigenvalue weighted by atomic mass is 16.5. The molecule has 132 valence electrons. The molecule has 0 spiro atoms. The number of aryl methyl sites for hydroxylation is 1. The van der Waals surface area contributed by atoms with Crippen LogP contribution in [0.3, 0.4) is 0 Å². The Balaban J connectivity index is 1.60. The number of nitrogens with zero attached hydrogens (tertiary/aromatic N) is 2. The Morgan fingerprint density at radius 2 is 1.88 bits per heavy atom. The minimum atomic E-state index is -0.281. The average Bonchev–Trinajstić information content (AvgIpc) is 2.61. The number of benzene rings is 1. The maximum Gasteiger partial charge on any atom is 0.409 e. The molecular formula is C17H25N3O4. The zero-order valence-corrected chi connectivity index (χ0v) is 14.3. The molecule has 2 rings (SSSR count). The molecule has 0 bridgehead atoms. The number of rotatable bonds is 6. The third-order valence-electron chi connectivity index (χ3n) is 4.01. The molecule has 1 heterocycles. The highest BCUT2D eigenvalue weighted by Gasteiger charge is 2.21. The fraction of sp³-hybridized carbons (Fsp3) is 0.529. The van der Waals surface area contributed by atoms with Crippen LogP contribution in [0.2, 0.25) is 0 Å². The zero-order chi connectivity index (χ0) is 17.4. The van der Waals surface area contributed by atoms with Crippen LogP contribution in [0.4, 0.5) is 4.79 Å². The number of carbonyl (C=O) groups is 2. The van der Waals surface area contributed by atoms with Crippen LogP contribution in [-0.4, -0.2) is 74.8 Å². The van der Waals surface area contributed by atoms with Crippen molar-refractivity contribution < 1.29 is 19.1 Å². The van der Waals surface area contributed by atoms with E-state index in [-0.39, 0.29) is 18.6 Å². The highest BCUT2D eigenvalue weighted by molar-refractivity contribution is 5.77. The van der Waals surface area contributed by atoms with E-state index in [1.165, 1.54) is 7.11 Å². The molecule has 0 saturated carbocycles. The molecule has 7 heteroatoms. The summed E-state index contributed by atoms with van der Waals surface area (Å²) in [5, 5.41) is 2.85. The van der Waals surface area contributed by atoms with Gasteiger partial charge < -0.3 is 19.7 Å². The van der Waals surface area contributed by atoms with E-state index in [0.717, 1.165) is 30.9 Å². The van der Waals surface area contributed by atoms with Gasteiger partial charge in [0.05, 0.1) is 7.11 Å². The predicted molar refractivity (Wildman–Crippen MR) is 90.1 cm³/mol. The second-order valence-corrected chi connectivity index (χ2v) is 5.70. The zero-order valence-electron chi connectivity index (χ0n) is 14.3. The number of amides is 2. The quantitative estimate of drug-likeness (QED) is 0.835. The van der Waals surface area contributed by atoms with Gasteiger partial charge in [0, 0.05) is 39.3 Å². The number of hydrogen-bond acceptors (Lipinski definition) is 5. The van der Waals surface area contributed by atoms with E-state index < -0.39 is 0 Å². The molecule has 1 aromatic carbocycles. The van der Waals surface area contributed by atoms with Gasteiger partial charge in [-0.15, -0.1) is 0 Å². The monoisotopic (exact) mass is 335 g/mol. The Bertz CT molecular complexity index is 557. The lowest BCUT2D eigenvalue weighted by atomic mass is 10.2. The lowest BCUT2D eigenvalue weighted by Gasteiger charge is -2.33. The van der Waals surface area contributed by atoms with Crippen LogP contribution in [0.1, 0.15) is 5.56 Å². The van der Waals surface area contributed by atoms with Crippen molar-refractivity contribution in [3.8, 4) is 5.75 Å². The molecule has 1 aliphatic heterocycles. The van der Waals surface area contributed by atoms with Gasteiger partial charge in [-0.05, 0) is 18.6 Å². The molecular weight excluding hydrogens is 310 g/mol. The Hall–Kier alpha value is -2.28. The van der Waals surface area contributed by atoms with Crippen LogP contribution in [0, 0.1) is 6.92 Å². The maximum absolute atomic E-state index is 11.8. The number of methoxy groups -OCH3 is 1. The summed E-state index contributed by atoms with van der Waals surface area (Å²) in [6, 6.07) is 7.61. The fourth-order valence-electron chi connectivity index (χ4n) is 2.55. The van der Waals surface area contributed by atoms with Gasteiger partial charge in [-0.2, -0.15) is 0 Å². The Morgan fingerprint density at radius 1 is 1.17 bits per heavy atom. The number of para-hydroxylation sites is 1. The van der Waals surface area contributed by atoms with E-state index >= 15 is 0 Å². The minimum Gasteiger partial charge on any atom is -0.484 e. The molecule has 1 aliphatic rings. The number of carbonyl (C=O) groups excluding carboxylic acids is 2. The molecule has 0 atom stereocenters. The van der Waals surface area contributed by atoms with Gasteiger partial charge in [0.2, 0.25) is 0 Å². The minimum absolute atomic E-state index is 0.0149. The lowest BCUT2D eigenvalue weighted by molar-refractivity contribution is -0.123. The van der Waals surface area contributed by atoms with Crippen molar-refractivity contribution in [2.24, 2.45) is 0 Å². The van der Waals surface area contributed by atoms with E-state index in [9.17, 15) is 9.59 Å². The normalized spacial score (nSPS) is 15.0. The fourth-order valence-corrected chi connectivity index (χ4v) is 2.55.